The summed E-state index contributed by atoms with van der Waals surface area (Å²) in [5.41, 5.74) is 7.50. The Labute approximate surface area is 109 Å². The molecule has 18 heavy (non-hydrogen) atoms. The summed E-state index contributed by atoms with van der Waals surface area (Å²) in [6, 6.07) is 14.8. The van der Waals surface area contributed by atoms with Crippen LogP contribution in [0.3, 0.4) is 0 Å². The van der Waals surface area contributed by atoms with Gasteiger partial charge in [0.1, 0.15) is 0 Å². The number of nitrogens with two attached hydrogens (primary N) is 1. The Morgan fingerprint density at radius 3 is 2.61 bits per heavy atom. The van der Waals surface area contributed by atoms with Gasteiger partial charge < -0.3 is 10.5 Å². The molecule has 2 unspecified atom stereocenters. The van der Waals surface area contributed by atoms with Gasteiger partial charge in [0.15, 0.2) is 0 Å². The zero-order valence-corrected chi connectivity index (χ0v) is 11.1. The SMILES string of the molecule is CCOC(C)C(N)Cc1cccc2ccccc12. The number of ether oxygens (including phenoxy) is 1. The third-order valence-electron chi connectivity index (χ3n) is 3.37. The molecule has 0 saturated heterocycles. The Morgan fingerprint density at radius 1 is 1.11 bits per heavy atom. The quantitative estimate of drug-likeness (QED) is 0.875. The van der Waals surface area contributed by atoms with E-state index in [0.717, 1.165) is 6.42 Å². The van der Waals surface area contributed by atoms with Gasteiger partial charge in [0, 0.05) is 12.6 Å². The van der Waals surface area contributed by atoms with Crippen LogP contribution < -0.4 is 5.73 Å². The molecule has 0 aromatic heterocycles. The number of hydrogen-bond donors (Lipinski definition) is 1. The molecule has 0 saturated carbocycles. The summed E-state index contributed by atoms with van der Waals surface area (Å²) in [7, 11) is 0. The fraction of sp³-hybridized carbons (Fsp3) is 0.375. The third kappa shape index (κ3) is 2.89. The predicted octanol–water partition coefficient (Wildman–Crippen LogP) is 3.13. The maximum absolute atomic E-state index is 6.20. The zero-order valence-electron chi connectivity index (χ0n) is 11.1. The van der Waals surface area contributed by atoms with Gasteiger partial charge in [-0.3, -0.25) is 0 Å². The minimum atomic E-state index is 0.0377. The van der Waals surface area contributed by atoms with Crippen molar-refractivity contribution in [3.63, 3.8) is 0 Å². The average molecular weight is 243 g/mol. The molecule has 0 radical (unpaired) electrons. The first-order valence-electron chi connectivity index (χ1n) is 6.56. The summed E-state index contributed by atoms with van der Waals surface area (Å²) in [6.07, 6.45) is 0.941. The molecule has 2 N–H and O–H groups in total. The van der Waals surface area contributed by atoms with Gasteiger partial charge in [-0.2, -0.15) is 0 Å². The molecule has 0 aliphatic rings. The molecule has 0 bridgehead atoms. The van der Waals surface area contributed by atoms with Crippen LogP contribution in [0, 0.1) is 0 Å². The molecule has 2 atom stereocenters. The lowest BCUT2D eigenvalue weighted by Gasteiger charge is -2.20. The van der Waals surface area contributed by atoms with Crippen LogP contribution in [0.25, 0.3) is 10.8 Å². The first kappa shape index (κ1) is 13.1. The van der Waals surface area contributed by atoms with Crippen LogP contribution in [0.5, 0.6) is 0 Å². The second-order valence-electron chi connectivity index (χ2n) is 4.67. The second kappa shape index (κ2) is 5.98. The van der Waals surface area contributed by atoms with E-state index in [1.54, 1.807) is 0 Å². The van der Waals surface area contributed by atoms with Crippen LogP contribution in [0.2, 0.25) is 0 Å². The first-order valence-corrected chi connectivity index (χ1v) is 6.56. The molecular weight excluding hydrogens is 222 g/mol. The fourth-order valence-corrected chi connectivity index (χ4v) is 2.28. The summed E-state index contributed by atoms with van der Waals surface area (Å²) < 4.78 is 5.56. The summed E-state index contributed by atoms with van der Waals surface area (Å²) in [5.74, 6) is 0. The minimum Gasteiger partial charge on any atom is -0.377 e. The molecule has 2 aromatic rings. The third-order valence-corrected chi connectivity index (χ3v) is 3.37. The molecule has 0 fully saturated rings. The van der Waals surface area contributed by atoms with Gasteiger partial charge in [-0.15, -0.1) is 0 Å². The molecule has 0 aliphatic heterocycles. The second-order valence-corrected chi connectivity index (χ2v) is 4.67. The molecule has 0 aliphatic carbocycles. The maximum Gasteiger partial charge on any atom is 0.0700 e. The summed E-state index contributed by atoms with van der Waals surface area (Å²) in [6.45, 7) is 4.75. The number of benzene rings is 2. The van der Waals surface area contributed by atoms with E-state index in [1.165, 1.54) is 16.3 Å². The fourth-order valence-electron chi connectivity index (χ4n) is 2.28. The topological polar surface area (TPSA) is 35.2 Å². The normalized spacial score (nSPS) is 14.6. The smallest absolute Gasteiger partial charge is 0.0700 e. The maximum atomic E-state index is 6.20. The van der Waals surface area contributed by atoms with Crippen molar-refractivity contribution in [1.29, 1.82) is 0 Å². The Bertz CT molecular complexity index is 504. The highest BCUT2D eigenvalue weighted by Crippen LogP contribution is 2.20. The van der Waals surface area contributed by atoms with Crippen molar-refractivity contribution in [3.8, 4) is 0 Å². The van der Waals surface area contributed by atoms with Gasteiger partial charge in [-0.25, -0.2) is 0 Å². The Balaban J connectivity index is 2.21. The molecule has 0 heterocycles. The van der Waals surface area contributed by atoms with Crippen LogP contribution in [-0.2, 0) is 11.2 Å². The van der Waals surface area contributed by atoms with Crippen LogP contribution in [0.1, 0.15) is 19.4 Å². The molecule has 96 valence electrons. The highest BCUT2D eigenvalue weighted by Gasteiger charge is 2.14. The van der Waals surface area contributed by atoms with Gasteiger partial charge in [-0.05, 0) is 36.6 Å². The number of hydrogen-bond acceptors (Lipinski definition) is 2. The van der Waals surface area contributed by atoms with E-state index in [9.17, 15) is 0 Å². The molecule has 2 heteroatoms. The molecule has 2 rings (SSSR count). The lowest BCUT2D eigenvalue weighted by molar-refractivity contribution is 0.0578. The van der Waals surface area contributed by atoms with Gasteiger partial charge >= 0.3 is 0 Å². The van der Waals surface area contributed by atoms with E-state index in [4.69, 9.17) is 10.5 Å². The van der Waals surface area contributed by atoms with Crippen molar-refractivity contribution in [3.05, 3.63) is 48.0 Å². The molecule has 0 amide bonds. The first-order chi connectivity index (χ1) is 8.72. The van der Waals surface area contributed by atoms with E-state index in [2.05, 4.69) is 42.5 Å². The molecule has 2 nitrogen and oxygen atoms in total. The molecular formula is C16H21NO. The van der Waals surface area contributed by atoms with Crippen LogP contribution in [0.4, 0.5) is 0 Å². The van der Waals surface area contributed by atoms with Gasteiger partial charge in [0.2, 0.25) is 0 Å². The summed E-state index contributed by atoms with van der Waals surface area (Å²) >= 11 is 0. The molecule has 2 aromatic carbocycles. The van der Waals surface area contributed by atoms with Crippen molar-refractivity contribution in [2.24, 2.45) is 5.73 Å². The number of fused-ring (bicyclic) bond motifs is 1. The summed E-state index contributed by atoms with van der Waals surface area (Å²) in [5, 5.41) is 2.56. The highest BCUT2D eigenvalue weighted by molar-refractivity contribution is 5.85. The minimum absolute atomic E-state index is 0.0377. The van der Waals surface area contributed by atoms with E-state index in [1.807, 2.05) is 13.8 Å². The molecule has 0 spiro atoms. The lowest BCUT2D eigenvalue weighted by Crippen LogP contribution is -2.36. The Kier molecular flexibility index (Phi) is 4.34. The van der Waals surface area contributed by atoms with Crippen LogP contribution in [-0.4, -0.2) is 18.8 Å². The summed E-state index contributed by atoms with van der Waals surface area (Å²) in [4.78, 5) is 0. The largest absolute Gasteiger partial charge is 0.377 e. The van der Waals surface area contributed by atoms with Gasteiger partial charge in [0.25, 0.3) is 0 Å². The highest BCUT2D eigenvalue weighted by atomic mass is 16.5. The number of rotatable bonds is 5. The van der Waals surface area contributed by atoms with Crippen LogP contribution in [0.15, 0.2) is 42.5 Å². The van der Waals surface area contributed by atoms with E-state index < -0.39 is 0 Å². The van der Waals surface area contributed by atoms with Crippen molar-refractivity contribution in [1.82, 2.24) is 0 Å². The van der Waals surface area contributed by atoms with E-state index >= 15 is 0 Å². The van der Waals surface area contributed by atoms with Crippen molar-refractivity contribution < 1.29 is 4.74 Å². The Morgan fingerprint density at radius 2 is 1.83 bits per heavy atom. The van der Waals surface area contributed by atoms with Crippen molar-refractivity contribution >= 4 is 10.8 Å². The van der Waals surface area contributed by atoms with E-state index in [-0.39, 0.29) is 12.1 Å². The monoisotopic (exact) mass is 243 g/mol. The van der Waals surface area contributed by atoms with Crippen molar-refractivity contribution in [2.75, 3.05) is 6.61 Å². The van der Waals surface area contributed by atoms with Gasteiger partial charge in [0.05, 0.1) is 6.10 Å². The van der Waals surface area contributed by atoms with Crippen LogP contribution >= 0.6 is 0 Å². The van der Waals surface area contributed by atoms with Crippen molar-refractivity contribution in [2.45, 2.75) is 32.4 Å². The predicted molar refractivity (Wildman–Crippen MR) is 76.7 cm³/mol. The van der Waals surface area contributed by atoms with Gasteiger partial charge in [-0.1, -0.05) is 42.5 Å². The van der Waals surface area contributed by atoms with E-state index in [0.29, 0.717) is 6.61 Å². The average Bonchev–Trinajstić information content (AvgIpc) is 2.39. The zero-order chi connectivity index (χ0) is 13.0. The standard InChI is InChI=1S/C16H21NO/c1-3-18-12(2)16(17)11-14-9-6-8-13-7-4-5-10-15(13)14/h4-10,12,16H,3,11,17H2,1-2H3. The Hall–Kier alpha value is -1.38. The lowest BCUT2D eigenvalue weighted by atomic mass is 9.97.